The predicted octanol–water partition coefficient (Wildman–Crippen LogP) is 13.9. The summed E-state index contributed by atoms with van der Waals surface area (Å²) in [5, 5.41) is 7.97. The Hall–Kier alpha value is -7.76. The van der Waals surface area contributed by atoms with Gasteiger partial charge in [-0.2, -0.15) is 0 Å². The predicted molar refractivity (Wildman–Crippen MR) is 235 cm³/mol. The van der Waals surface area contributed by atoms with Crippen molar-refractivity contribution < 1.29 is 4.74 Å². The summed E-state index contributed by atoms with van der Waals surface area (Å²) < 4.78 is 8.87. The second kappa shape index (κ2) is 12.4. The smallest absolute Gasteiger partial charge is 0.235 e. The van der Waals surface area contributed by atoms with Crippen LogP contribution in [0.1, 0.15) is 0 Å². The van der Waals surface area contributed by atoms with Gasteiger partial charge in [-0.25, -0.2) is 9.97 Å². The van der Waals surface area contributed by atoms with Gasteiger partial charge in [-0.15, -0.1) is 0 Å². The molecule has 2 aromatic heterocycles. The third-order valence-corrected chi connectivity index (χ3v) is 11.4. The Morgan fingerprint density at radius 1 is 0.404 bits per heavy atom. The molecule has 9 aromatic carbocycles. The molecule has 11 aromatic rings. The van der Waals surface area contributed by atoms with E-state index in [9.17, 15) is 0 Å². The van der Waals surface area contributed by atoms with Crippen molar-refractivity contribution in [2.24, 2.45) is 0 Å². The number of nitrogens with zero attached hydrogens (tertiary/aromatic N) is 4. The molecule has 266 valence electrons. The van der Waals surface area contributed by atoms with Gasteiger partial charge in [0.25, 0.3) is 0 Å². The van der Waals surface area contributed by atoms with Gasteiger partial charge in [0.05, 0.1) is 33.6 Å². The lowest BCUT2D eigenvalue weighted by molar-refractivity contribution is 0.477. The topological polar surface area (TPSA) is 43.2 Å². The zero-order valence-electron chi connectivity index (χ0n) is 30.7. The minimum atomic E-state index is 0.641. The van der Waals surface area contributed by atoms with Crippen molar-refractivity contribution in [3.8, 4) is 39.8 Å². The first-order valence-corrected chi connectivity index (χ1v) is 19.2. The quantitative estimate of drug-likeness (QED) is 0.169. The molecule has 0 aliphatic carbocycles. The summed E-state index contributed by atoms with van der Waals surface area (Å²) >= 11 is 0. The number of hydrogen-bond donors (Lipinski definition) is 0. The molecule has 0 amide bonds. The number of rotatable bonds is 4. The lowest BCUT2D eigenvalue weighted by Crippen LogP contribution is -2.15. The molecule has 0 bridgehead atoms. The lowest BCUT2D eigenvalue weighted by Gasteiger charge is -2.33. The Kier molecular flexibility index (Phi) is 6.86. The van der Waals surface area contributed by atoms with E-state index in [1.807, 2.05) is 24.3 Å². The van der Waals surface area contributed by atoms with Crippen molar-refractivity contribution in [3.63, 3.8) is 0 Å². The van der Waals surface area contributed by atoms with Crippen LogP contribution < -0.4 is 9.64 Å². The van der Waals surface area contributed by atoms with E-state index in [2.05, 4.69) is 179 Å². The minimum Gasteiger partial charge on any atom is -0.453 e. The van der Waals surface area contributed by atoms with Crippen LogP contribution in [0.25, 0.3) is 82.6 Å². The summed E-state index contributed by atoms with van der Waals surface area (Å²) in [5.74, 6) is 2.28. The monoisotopic (exact) mass is 728 g/mol. The molecular weight excluding hydrogens is 697 g/mol. The molecule has 0 saturated heterocycles. The van der Waals surface area contributed by atoms with Crippen LogP contribution >= 0.6 is 0 Å². The van der Waals surface area contributed by atoms with Gasteiger partial charge in [-0.05, 0) is 87.9 Å². The normalized spacial score (nSPS) is 12.3. The third-order valence-electron chi connectivity index (χ3n) is 11.4. The second-order valence-electron chi connectivity index (χ2n) is 14.6. The Bertz CT molecular complexity index is 3390. The number of ether oxygens (including phenoxy) is 1. The molecule has 57 heavy (non-hydrogen) atoms. The molecule has 0 spiro atoms. The number of aromatic nitrogens is 3. The number of para-hydroxylation sites is 3. The second-order valence-corrected chi connectivity index (χ2v) is 14.6. The van der Waals surface area contributed by atoms with Crippen molar-refractivity contribution in [1.29, 1.82) is 0 Å². The maximum atomic E-state index is 6.62. The molecular formula is C52H32N4O. The van der Waals surface area contributed by atoms with Crippen molar-refractivity contribution in [1.82, 2.24) is 14.5 Å². The molecule has 12 rings (SSSR count). The fourth-order valence-corrected chi connectivity index (χ4v) is 8.75. The van der Waals surface area contributed by atoms with E-state index in [0.717, 1.165) is 89.0 Å². The highest BCUT2D eigenvalue weighted by molar-refractivity contribution is 6.22. The van der Waals surface area contributed by atoms with Crippen molar-refractivity contribution in [2.75, 3.05) is 4.90 Å². The van der Waals surface area contributed by atoms with E-state index in [4.69, 9.17) is 14.7 Å². The molecule has 0 unspecified atom stereocenters. The number of anilines is 3. The van der Waals surface area contributed by atoms with Gasteiger partial charge in [0.1, 0.15) is 0 Å². The van der Waals surface area contributed by atoms with Gasteiger partial charge in [0, 0.05) is 32.8 Å². The van der Waals surface area contributed by atoms with Crippen molar-refractivity contribution in [2.45, 2.75) is 0 Å². The summed E-state index contributed by atoms with van der Waals surface area (Å²) in [4.78, 5) is 13.1. The first-order valence-electron chi connectivity index (χ1n) is 19.2. The maximum absolute atomic E-state index is 6.62. The number of fused-ring (bicyclic) bond motifs is 10. The van der Waals surface area contributed by atoms with Gasteiger partial charge < -0.3 is 9.64 Å². The Balaban J connectivity index is 1.10. The lowest BCUT2D eigenvalue weighted by atomic mass is 9.99. The van der Waals surface area contributed by atoms with Gasteiger partial charge in [-0.3, -0.25) is 4.57 Å². The van der Waals surface area contributed by atoms with E-state index in [1.54, 1.807) is 0 Å². The fraction of sp³-hybridized carbons (Fsp3) is 0. The van der Waals surface area contributed by atoms with Crippen LogP contribution in [0.3, 0.4) is 0 Å². The SMILES string of the molecule is c1ccc(-c2nc(-n3c4ccc(-c5ccc6c(c5)Oc5ccccc5N6c5ccccc5)cc4c4c5ccccc5ccc43)nc3c2ccc2ccccc23)cc1. The van der Waals surface area contributed by atoms with E-state index in [1.165, 1.54) is 16.2 Å². The first kappa shape index (κ1) is 31.6. The van der Waals surface area contributed by atoms with E-state index < -0.39 is 0 Å². The molecule has 0 radical (unpaired) electrons. The average molecular weight is 729 g/mol. The van der Waals surface area contributed by atoms with Crippen LogP contribution in [0.4, 0.5) is 17.1 Å². The molecule has 0 atom stereocenters. The average Bonchev–Trinajstić information content (AvgIpc) is 3.62. The third kappa shape index (κ3) is 4.89. The largest absolute Gasteiger partial charge is 0.453 e. The highest BCUT2D eigenvalue weighted by Gasteiger charge is 2.26. The maximum Gasteiger partial charge on any atom is 0.235 e. The molecule has 5 heteroatoms. The highest BCUT2D eigenvalue weighted by atomic mass is 16.5. The highest BCUT2D eigenvalue weighted by Crippen LogP contribution is 2.51. The number of benzene rings is 9. The summed E-state index contributed by atoms with van der Waals surface area (Å²) in [6.07, 6.45) is 0. The van der Waals surface area contributed by atoms with Crippen LogP contribution in [0.2, 0.25) is 0 Å². The zero-order valence-corrected chi connectivity index (χ0v) is 30.7. The molecule has 5 nitrogen and oxygen atoms in total. The molecule has 1 aliphatic heterocycles. The summed E-state index contributed by atoms with van der Waals surface area (Å²) in [6, 6.07) is 68.3. The van der Waals surface area contributed by atoms with Gasteiger partial charge in [0.2, 0.25) is 5.95 Å². The van der Waals surface area contributed by atoms with E-state index in [0.29, 0.717) is 5.95 Å². The van der Waals surface area contributed by atoms with Crippen LogP contribution in [0.15, 0.2) is 194 Å². The fourth-order valence-electron chi connectivity index (χ4n) is 8.75. The summed E-state index contributed by atoms with van der Waals surface area (Å²) in [6.45, 7) is 0. The Labute approximate surface area is 328 Å². The van der Waals surface area contributed by atoms with E-state index >= 15 is 0 Å². The van der Waals surface area contributed by atoms with E-state index in [-0.39, 0.29) is 0 Å². The zero-order chi connectivity index (χ0) is 37.5. The number of hydrogen-bond acceptors (Lipinski definition) is 4. The Morgan fingerprint density at radius 3 is 1.91 bits per heavy atom. The van der Waals surface area contributed by atoms with Crippen LogP contribution in [0, 0.1) is 0 Å². The Morgan fingerprint density at radius 2 is 1.05 bits per heavy atom. The van der Waals surface area contributed by atoms with Crippen LogP contribution in [0.5, 0.6) is 11.5 Å². The van der Waals surface area contributed by atoms with Crippen LogP contribution in [-0.2, 0) is 0 Å². The van der Waals surface area contributed by atoms with Crippen LogP contribution in [-0.4, -0.2) is 14.5 Å². The summed E-state index contributed by atoms with van der Waals surface area (Å²) in [5.41, 5.74) is 10.3. The van der Waals surface area contributed by atoms with Crippen molar-refractivity contribution >= 4 is 71.3 Å². The van der Waals surface area contributed by atoms with Gasteiger partial charge in [0.15, 0.2) is 11.5 Å². The molecule has 1 aliphatic rings. The molecule has 3 heterocycles. The van der Waals surface area contributed by atoms with Gasteiger partial charge in [-0.1, -0.05) is 133 Å². The molecule has 0 N–H and O–H groups in total. The molecule has 0 saturated carbocycles. The standard InChI is InChI=1S/C52H32N4O/c1-3-15-35(16-4-1)50-41-27-23-34-14-8-10-20-40(34)51(41)54-52(53-50)56-43-28-25-36(31-42(43)49-39-19-9-7-13-33(39)24-30-46(49)56)37-26-29-45-48(32-37)57-47-22-12-11-21-44(47)55(45)38-17-5-2-6-18-38/h1-32H. The first-order chi connectivity index (χ1) is 28.3. The summed E-state index contributed by atoms with van der Waals surface area (Å²) in [7, 11) is 0. The van der Waals surface area contributed by atoms with Crippen molar-refractivity contribution in [3.05, 3.63) is 194 Å². The van der Waals surface area contributed by atoms with Gasteiger partial charge >= 0.3 is 0 Å². The minimum absolute atomic E-state index is 0.641. The molecule has 0 fully saturated rings.